The Balaban J connectivity index is 1.38. The molecule has 1 heterocycles. The minimum absolute atomic E-state index is 0.340. The van der Waals surface area contributed by atoms with Gasteiger partial charge in [0.2, 0.25) is 0 Å². The van der Waals surface area contributed by atoms with Crippen LogP contribution in [0.3, 0.4) is 0 Å². The van der Waals surface area contributed by atoms with E-state index in [1.165, 1.54) is 44.9 Å². The van der Waals surface area contributed by atoms with Gasteiger partial charge in [-0.3, -0.25) is 0 Å². The summed E-state index contributed by atoms with van der Waals surface area (Å²) < 4.78 is 15.0. The van der Waals surface area contributed by atoms with Crippen molar-refractivity contribution in [1.29, 1.82) is 0 Å². The number of hydrogen-bond acceptors (Lipinski definition) is 2. The molecule has 0 radical (unpaired) electrons. The van der Waals surface area contributed by atoms with Gasteiger partial charge in [0.05, 0.1) is 11.4 Å². The Morgan fingerprint density at radius 3 is 2.21 bits per heavy atom. The van der Waals surface area contributed by atoms with Gasteiger partial charge in [0.15, 0.2) is 0 Å². The number of halogens is 1. The van der Waals surface area contributed by atoms with Gasteiger partial charge >= 0.3 is 0 Å². The molecule has 0 aromatic carbocycles. The van der Waals surface area contributed by atoms with Gasteiger partial charge in [-0.1, -0.05) is 52.4 Å². The maximum absolute atomic E-state index is 15.0. The van der Waals surface area contributed by atoms with Crippen LogP contribution in [0, 0.1) is 17.8 Å². The number of nitrogens with zero attached hydrogens (tertiary/aromatic N) is 2. The van der Waals surface area contributed by atoms with Gasteiger partial charge < -0.3 is 0 Å². The lowest BCUT2D eigenvalue weighted by molar-refractivity contribution is 0.118. The Labute approximate surface area is 178 Å². The summed E-state index contributed by atoms with van der Waals surface area (Å²) in [6.07, 6.45) is 17.0. The molecule has 1 atom stereocenters. The van der Waals surface area contributed by atoms with Crippen LogP contribution in [0.5, 0.6) is 0 Å². The molecule has 1 aromatic rings. The minimum Gasteiger partial charge on any atom is -0.247 e. The summed E-state index contributed by atoms with van der Waals surface area (Å²) >= 11 is 0. The van der Waals surface area contributed by atoms with Gasteiger partial charge in [0, 0.05) is 5.92 Å². The fraction of sp³-hybridized carbons (Fsp3) is 0.846. The zero-order chi connectivity index (χ0) is 20.5. The maximum atomic E-state index is 15.0. The molecular formula is C26H43FN2. The molecule has 164 valence electrons. The Hall–Kier alpha value is -0.990. The van der Waals surface area contributed by atoms with E-state index in [0.29, 0.717) is 17.8 Å². The van der Waals surface area contributed by atoms with E-state index in [2.05, 4.69) is 36.2 Å². The molecule has 2 saturated carbocycles. The standard InChI is InChI=1S/C26H43FN2/c1-3-5-6-8-24-17-18-26(29-28-24)23-15-11-21(12-16-23)19-25(27)22-13-9-20(7-4-2)10-14-22/h17-18,20-23,25H,3-16,19H2,1-2H3/t20-,21-,22-,23-,25?. The molecule has 29 heavy (non-hydrogen) atoms. The summed E-state index contributed by atoms with van der Waals surface area (Å²) in [6.45, 7) is 4.50. The van der Waals surface area contributed by atoms with Crippen molar-refractivity contribution in [3.8, 4) is 0 Å². The fourth-order valence-corrected chi connectivity index (χ4v) is 5.73. The molecule has 3 rings (SSSR count). The second kappa shape index (κ2) is 12.0. The van der Waals surface area contributed by atoms with E-state index < -0.39 is 6.17 Å². The topological polar surface area (TPSA) is 25.8 Å². The van der Waals surface area contributed by atoms with E-state index in [1.54, 1.807) is 0 Å². The molecule has 0 spiro atoms. The molecule has 2 nitrogen and oxygen atoms in total. The van der Waals surface area contributed by atoms with Crippen LogP contribution in [-0.4, -0.2) is 16.4 Å². The third kappa shape index (κ3) is 7.03. The number of aryl methyl sites for hydroxylation is 1. The SMILES string of the molecule is CCCCCc1ccc([C@H]2CC[C@H](CC(F)[C@H]3CC[C@H](CCC)CC3)CC2)nn1. The highest BCUT2D eigenvalue weighted by Crippen LogP contribution is 2.40. The van der Waals surface area contributed by atoms with E-state index in [0.717, 1.165) is 68.7 Å². The lowest BCUT2D eigenvalue weighted by Crippen LogP contribution is -2.26. The molecule has 2 aliphatic rings. The van der Waals surface area contributed by atoms with E-state index >= 15 is 0 Å². The average Bonchev–Trinajstić information content (AvgIpc) is 2.76. The first-order valence-electron chi connectivity index (χ1n) is 12.7. The van der Waals surface area contributed by atoms with Gasteiger partial charge in [-0.05, 0) is 87.7 Å². The van der Waals surface area contributed by atoms with Crippen LogP contribution in [0.25, 0.3) is 0 Å². The number of alkyl halides is 1. The number of unbranched alkanes of at least 4 members (excludes halogenated alkanes) is 2. The van der Waals surface area contributed by atoms with Crippen molar-refractivity contribution in [3.63, 3.8) is 0 Å². The van der Waals surface area contributed by atoms with E-state index in [4.69, 9.17) is 0 Å². The van der Waals surface area contributed by atoms with Gasteiger partial charge in [-0.25, -0.2) is 4.39 Å². The summed E-state index contributed by atoms with van der Waals surface area (Å²) in [6, 6.07) is 4.38. The van der Waals surface area contributed by atoms with E-state index in [-0.39, 0.29) is 0 Å². The van der Waals surface area contributed by atoms with Gasteiger partial charge in [0.25, 0.3) is 0 Å². The Morgan fingerprint density at radius 1 is 0.862 bits per heavy atom. The monoisotopic (exact) mass is 402 g/mol. The molecule has 3 heteroatoms. The molecule has 1 unspecified atom stereocenters. The smallest absolute Gasteiger partial charge is 0.103 e. The summed E-state index contributed by atoms with van der Waals surface area (Å²) in [4.78, 5) is 0. The fourth-order valence-electron chi connectivity index (χ4n) is 5.73. The van der Waals surface area contributed by atoms with Crippen LogP contribution in [0.15, 0.2) is 12.1 Å². The average molecular weight is 403 g/mol. The summed E-state index contributed by atoms with van der Waals surface area (Å²) in [5.41, 5.74) is 2.29. The van der Waals surface area contributed by atoms with Gasteiger partial charge in [-0.15, -0.1) is 0 Å². The quantitative estimate of drug-likeness (QED) is 0.373. The number of rotatable bonds is 10. The summed E-state index contributed by atoms with van der Waals surface area (Å²) in [7, 11) is 0. The molecule has 0 saturated heterocycles. The maximum Gasteiger partial charge on any atom is 0.103 e. The highest BCUT2D eigenvalue weighted by Gasteiger charge is 2.31. The molecule has 0 N–H and O–H groups in total. The number of hydrogen-bond donors (Lipinski definition) is 0. The highest BCUT2D eigenvalue weighted by atomic mass is 19.1. The third-order valence-corrected chi connectivity index (χ3v) is 7.70. The van der Waals surface area contributed by atoms with E-state index in [1.807, 2.05) is 0 Å². The molecule has 2 fully saturated rings. The molecular weight excluding hydrogens is 359 g/mol. The van der Waals surface area contributed by atoms with Crippen molar-refractivity contribution >= 4 is 0 Å². The van der Waals surface area contributed by atoms with Crippen LogP contribution in [0.1, 0.15) is 121 Å². The lowest BCUT2D eigenvalue weighted by atomic mass is 9.74. The van der Waals surface area contributed by atoms with Crippen LogP contribution in [0.4, 0.5) is 4.39 Å². The molecule has 2 aliphatic carbocycles. The molecule has 0 bridgehead atoms. The minimum atomic E-state index is -0.568. The second-order valence-electron chi connectivity index (χ2n) is 9.95. The second-order valence-corrected chi connectivity index (χ2v) is 9.95. The van der Waals surface area contributed by atoms with Crippen LogP contribution < -0.4 is 0 Å². The van der Waals surface area contributed by atoms with Crippen molar-refractivity contribution in [2.75, 3.05) is 0 Å². The zero-order valence-electron chi connectivity index (χ0n) is 18.9. The highest BCUT2D eigenvalue weighted by molar-refractivity contribution is 5.12. The number of aromatic nitrogens is 2. The Morgan fingerprint density at radius 2 is 1.59 bits per heavy atom. The predicted octanol–water partition coefficient (Wildman–Crippen LogP) is 7.82. The van der Waals surface area contributed by atoms with Crippen LogP contribution in [-0.2, 0) is 6.42 Å². The van der Waals surface area contributed by atoms with Crippen LogP contribution >= 0.6 is 0 Å². The molecule has 0 amide bonds. The zero-order valence-corrected chi connectivity index (χ0v) is 18.9. The normalized spacial score (nSPS) is 28.9. The van der Waals surface area contributed by atoms with Gasteiger partial charge in [-0.2, -0.15) is 10.2 Å². The van der Waals surface area contributed by atoms with Crippen molar-refractivity contribution in [3.05, 3.63) is 23.5 Å². The first kappa shape index (κ1) is 22.7. The first-order valence-corrected chi connectivity index (χ1v) is 12.7. The molecule has 1 aromatic heterocycles. The first-order chi connectivity index (χ1) is 14.2. The molecule has 0 aliphatic heterocycles. The van der Waals surface area contributed by atoms with Crippen molar-refractivity contribution < 1.29 is 4.39 Å². The van der Waals surface area contributed by atoms with Gasteiger partial charge in [0.1, 0.15) is 6.17 Å². The van der Waals surface area contributed by atoms with Crippen molar-refractivity contribution in [1.82, 2.24) is 10.2 Å². The lowest BCUT2D eigenvalue weighted by Gasteiger charge is -2.34. The van der Waals surface area contributed by atoms with Crippen molar-refractivity contribution in [2.24, 2.45) is 17.8 Å². The van der Waals surface area contributed by atoms with E-state index in [9.17, 15) is 4.39 Å². The predicted molar refractivity (Wildman–Crippen MR) is 120 cm³/mol. The van der Waals surface area contributed by atoms with Crippen LogP contribution in [0.2, 0.25) is 0 Å². The summed E-state index contributed by atoms with van der Waals surface area (Å²) in [5, 5.41) is 9.00. The van der Waals surface area contributed by atoms with Crippen molar-refractivity contribution in [2.45, 2.75) is 122 Å². The summed E-state index contributed by atoms with van der Waals surface area (Å²) in [5.74, 6) is 2.33. The largest absolute Gasteiger partial charge is 0.247 e. The third-order valence-electron chi connectivity index (χ3n) is 7.70. The Bertz CT molecular complexity index is 557. The Kier molecular flexibility index (Phi) is 9.39.